The Morgan fingerprint density at radius 3 is 2.15 bits per heavy atom. The van der Waals surface area contributed by atoms with Crippen molar-refractivity contribution in [3.8, 4) is 5.75 Å². The van der Waals surface area contributed by atoms with Crippen molar-refractivity contribution < 1.29 is 14.3 Å². The largest absolute Gasteiger partial charge is 0.486 e. The average molecular weight is 421 g/mol. The van der Waals surface area contributed by atoms with Gasteiger partial charge in [-0.3, -0.25) is 20.2 Å². The summed E-state index contributed by atoms with van der Waals surface area (Å²) in [5.74, 6) is -0.842. The quantitative estimate of drug-likeness (QED) is 0.448. The van der Waals surface area contributed by atoms with E-state index in [0.29, 0.717) is 17.9 Å². The van der Waals surface area contributed by atoms with E-state index in [4.69, 9.17) is 40.2 Å². The summed E-state index contributed by atoms with van der Waals surface area (Å²) < 4.78 is 5.73. The van der Waals surface area contributed by atoms with Gasteiger partial charge in [0.1, 0.15) is 12.2 Å². The number of halogens is 2. The van der Waals surface area contributed by atoms with Crippen LogP contribution in [0.25, 0.3) is 6.08 Å². The zero-order valence-corrected chi connectivity index (χ0v) is 16.5. The number of benzene rings is 2. The molecule has 1 fully saturated rings. The molecule has 5 nitrogen and oxygen atoms in total. The first kappa shape index (κ1) is 19.4. The van der Waals surface area contributed by atoms with E-state index in [1.54, 1.807) is 12.1 Å². The monoisotopic (exact) mass is 420 g/mol. The minimum Gasteiger partial charge on any atom is -0.486 e. The molecule has 8 heteroatoms. The smallest absolute Gasteiger partial charge is 0.263 e. The summed E-state index contributed by atoms with van der Waals surface area (Å²) in [6.45, 7) is 2.31. The summed E-state index contributed by atoms with van der Waals surface area (Å²) >= 11 is 17.3. The second kappa shape index (κ2) is 8.08. The number of nitrogens with one attached hydrogen (secondary N) is 2. The third-order valence-electron chi connectivity index (χ3n) is 3.78. The van der Waals surface area contributed by atoms with E-state index < -0.39 is 11.8 Å². The lowest BCUT2D eigenvalue weighted by atomic mass is 10.1. The van der Waals surface area contributed by atoms with Crippen molar-refractivity contribution in [2.45, 2.75) is 13.5 Å². The highest BCUT2D eigenvalue weighted by molar-refractivity contribution is 7.80. The Labute approximate surface area is 171 Å². The second-order valence-electron chi connectivity index (χ2n) is 5.88. The zero-order valence-electron chi connectivity index (χ0n) is 14.1. The van der Waals surface area contributed by atoms with Gasteiger partial charge >= 0.3 is 0 Å². The van der Waals surface area contributed by atoms with Crippen LogP contribution < -0.4 is 15.4 Å². The van der Waals surface area contributed by atoms with Gasteiger partial charge in [-0.2, -0.15) is 0 Å². The van der Waals surface area contributed by atoms with Crippen LogP contribution in [0.2, 0.25) is 10.0 Å². The van der Waals surface area contributed by atoms with Crippen molar-refractivity contribution in [3.05, 3.63) is 68.7 Å². The summed E-state index contributed by atoms with van der Waals surface area (Å²) in [6, 6.07) is 11.0. The van der Waals surface area contributed by atoms with Crippen molar-refractivity contribution >= 4 is 58.4 Å². The van der Waals surface area contributed by atoms with E-state index in [2.05, 4.69) is 10.6 Å². The predicted molar refractivity (Wildman–Crippen MR) is 109 cm³/mol. The summed E-state index contributed by atoms with van der Waals surface area (Å²) in [7, 11) is 0. The van der Waals surface area contributed by atoms with Crippen molar-refractivity contribution in [1.82, 2.24) is 10.6 Å². The van der Waals surface area contributed by atoms with E-state index in [-0.39, 0.29) is 20.7 Å². The Hall–Kier alpha value is -2.41. The fourth-order valence-electron chi connectivity index (χ4n) is 2.41. The van der Waals surface area contributed by atoms with Gasteiger partial charge in [-0.15, -0.1) is 0 Å². The molecule has 0 bridgehead atoms. The lowest BCUT2D eigenvalue weighted by Crippen LogP contribution is -2.51. The van der Waals surface area contributed by atoms with Crippen LogP contribution in [0.5, 0.6) is 5.75 Å². The molecule has 1 aliphatic heterocycles. The van der Waals surface area contributed by atoms with Gasteiger partial charge in [-0.05, 0) is 48.5 Å². The molecule has 1 saturated heterocycles. The van der Waals surface area contributed by atoms with Crippen LogP contribution in [-0.2, 0) is 16.2 Å². The third kappa shape index (κ3) is 4.66. The molecule has 0 unspecified atom stereocenters. The van der Waals surface area contributed by atoms with Gasteiger partial charge in [0.25, 0.3) is 11.8 Å². The molecule has 0 aliphatic carbocycles. The normalized spacial score (nSPS) is 13.9. The molecular formula is C19H14Cl2N2O3S. The molecule has 0 radical (unpaired) electrons. The van der Waals surface area contributed by atoms with E-state index in [0.717, 1.165) is 11.1 Å². The number of carbonyl (C=O) groups is 2. The molecule has 2 N–H and O–H groups in total. The van der Waals surface area contributed by atoms with Crippen LogP contribution in [0.1, 0.15) is 16.7 Å². The van der Waals surface area contributed by atoms with Gasteiger partial charge in [-0.25, -0.2) is 0 Å². The minimum absolute atomic E-state index is 0.0296. The Morgan fingerprint density at radius 1 is 1.04 bits per heavy atom. The predicted octanol–water partition coefficient (Wildman–Crippen LogP) is 3.80. The van der Waals surface area contributed by atoms with Crippen LogP contribution in [0.15, 0.2) is 42.0 Å². The average Bonchev–Trinajstić information content (AvgIpc) is 2.59. The Balaban J connectivity index is 1.81. The van der Waals surface area contributed by atoms with Gasteiger partial charge in [0.05, 0.1) is 10.0 Å². The highest BCUT2D eigenvalue weighted by Gasteiger charge is 2.25. The summed E-state index contributed by atoms with van der Waals surface area (Å²) in [6.07, 6.45) is 1.38. The van der Waals surface area contributed by atoms with Crippen molar-refractivity contribution in [3.63, 3.8) is 0 Å². The molecule has 1 heterocycles. The number of hydrogen-bond donors (Lipinski definition) is 2. The third-order valence-corrected chi connectivity index (χ3v) is 4.54. The SMILES string of the molecule is Cc1ccc(COc2c(Cl)cc(C=C3C(=O)NC(=S)NC3=O)cc2Cl)cc1. The van der Waals surface area contributed by atoms with E-state index in [9.17, 15) is 9.59 Å². The van der Waals surface area contributed by atoms with E-state index in [1.165, 1.54) is 6.08 Å². The number of thiocarbonyl (C=S) groups is 1. The highest BCUT2D eigenvalue weighted by Crippen LogP contribution is 2.35. The van der Waals surface area contributed by atoms with Crippen LogP contribution in [-0.4, -0.2) is 16.9 Å². The van der Waals surface area contributed by atoms with Crippen molar-refractivity contribution in [1.29, 1.82) is 0 Å². The highest BCUT2D eigenvalue weighted by atomic mass is 35.5. The van der Waals surface area contributed by atoms with E-state index >= 15 is 0 Å². The maximum absolute atomic E-state index is 11.9. The fraction of sp³-hybridized carbons (Fsp3) is 0.105. The van der Waals surface area contributed by atoms with Crippen LogP contribution in [0, 0.1) is 6.92 Å². The second-order valence-corrected chi connectivity index (χ2v) is 7.11. The molecule has 0 atom stereocenters. The molecule has 138 valence electrons. The Morgan fingerprint density at radius 2 is 1.59 bits per heavy atom. The fourth-order valence-corrected chi connectivity index (χ4v) is 3.21. The molecule has 2 aromatic carbocycles. The standard InChI is InChI=1S/C19H14Cl2N2O3S/c1-10-2-4-11(5-3-10)9-26-16-14(20)7-12(8-15(16)21)6-13-17(24)22-19(27)23-18(13)25/h2-8H,9H2,1H3,(H2,22,23,24,25,27). The molecule has 3 rings (SSSR count). The number of hydrogen-bond acceptors (Lipinski definition) is 4. The molecule has 0 saturated carbocycles. The first-order valence-electron chi connectivity index (χ1n) is 7.89. The summed E-state index contributed by atoms with van der Waals surface area (Å²) in [5, 5.41) is 5.24. The van der Waals surface area contributed by atoms with Gasteiger partial charge in [-0.1, -0.05) is 53.0 Å². The molecule has 2 aromatic rings. The minimum atomic E-state index is -0.587. The first-order chi connectivity index (χ1) is 12.8. The number of rotatable bonds is 4. The number of carbonyl (C=O) groups excluding carboxylic acids is 2. The van der Waals surface area contributed by atoms with Crippen molar-refractivity contribution in [2.75, 3.05) is 0 Å². The number of ether oxygens (including phenoxy) is 1. The van der Waals surface area contributed by atoms with Crippen LogP contribution in [0.3, 0.4) is 0 Å². The lowest BCUT2D eigenvalue weighted by Gasteiger charge is -2.16. The van der Waals surface area contributed by atoms with Gasteiger partial charge in [0.2, 0.25) is 0 Å². The Bertz CT molecular complexity index is 926. The van der Waals surface area contributed by atoms with E-state index in [1.807, 2.05) is 31.2 Å². The molecule has 0 spiro atoms. The Kier molecular flexibility index (Phi) is 5.79. The summed E-state index contributed by atoms with van der Waals surface area (Å²) in [5.41, 5.74) is 2.53. The number of aryl methyl sites for hydroxylation is 1. The maximum atomic E-state index is 11.9. The molecule has 2 amide bonds. The topological polar surface area (TPSA) is 67.4 Å². The zero-order chi connectivity index (χ0) is 19.6. The molecular weight excluding hydrogens is 407 g/mol. The first-order valence-corrected chi connectivity index (χ1v) is 9.05. The van der Waals surface area contributed by atoms with Gasteiger partial charge < -0.3 is 4.74 Å². The van der Waals surface area contributed by atoms with Gasteiger partial charge in [0, 0.05) is 0 Å². The summed E-state index contributed by atoms with van der Waals surface area (Å²) in [4.78, 5) is 23.8. The maximum Gasteiger partial charge on any atom is 0.263 e. The van der Waals surface area contributed by atoms with Crippen molar-refractivity contribution in [2.24, 2.45) is 0 Å². The van der Waals surface area contributed by atoms with Gasteiger partial charge in [0.15, 0.2) is 10.9 Å². The molecule has 1 aliphatic rings. The van der Waals surface area contributed by atoms with Crippen LogP contribution in [0.4, 0.5) is 0 Å². The molecule has 0 aromatic heterocycles. The van der Waals surface area contributed by atoms with Crippen LogP contribution >= 0.6 is 35.4 Å². The number of amides is 2. The molecule has 27 heavy (non-hydrogen) atoms. The lowest BCUT2D eigenvalue weighted by molar-refractivity contribution is -0.123.